The molecule has 110 valence electrons. The maximum Gasteiger partial charge on any atom is 0.323 e. The maximum absolute atomic E-state index is 11.7. The van der Waals surface area contributed by atoms with Crippen LogP contribution in [-0.4, -0.2) is 6.03 Å². The van der Waals surface area contributed by atoms with Crippen LogP contribution in [0, 0.1) is 16.6 Å². The van der Waals surface area contributed by atoms with E-state index in [4.69, 9.17) is 5.26 Å². The van der Waals surface area contributed by atoms with E-state index in [0.717, 1.165) is 16.7 Å². The van der Waals surface area contributed by atoms with E-state index >= 15 is 0 Å². The minimum atomic E-state index is -0.247. The Morgan fingerprint density at radius 2 is 1.95 bits per heavy atom. The third kappa shape index (κ3) is 5.52. The van der Waals surface area contributed by atoms with E-state index in [1.165, 1.54) is 32.1 Å². The fraction of sp³-hybridized carbons (Fsp3) is 0.375. The van der Waals surface area contributed by atoms with Gasteiger partial charge in [0.05, 0.1) is 0 Å². The number of benzene rings is 1. The highest BCUT2D eigenvalue weighted by Crippen LogP contribution is 2.24. The van der Waals surface area contributed by atoms with E-state index in [2.05, 4.69) is 16.7 Å². The fourth-order valence-corrected chi connectivity index (χ4v) is 2.79. The summed E-state index contributed by atoms with van der Waals surface area (Å²) < 4.78 is 0. The molecule has 1 aromatic rings. The smallest absolute Gasteiger partial charge is 0.315 e. The number of hydrogen-bond acceptors (Lipinski definition) is 3. The van der Waals surface area contributed by atoms with Crippen molar-refractivity contribution in [1.82, 2.24) is 5.32 Å². The lowest BCUT2D eigenvalue weighted by atomic mass is 9.89. The minimum Gasteiger partial charge on any atom is -0.315 e. The van der Waals surface area contributed by atoms with Crippen molar-refractivity contribution >= 4 is 23.5 Å². The lowest BCUT2D eigenvalue weighted by Gasteiger charge is -2.17. The summed E-state index contributed by atoms with van der Waals surface area (Å²) >= 11 is 1.10. The van der Waals surface area contributed by atoms with Gasteiger partial charge in [0, 0.05) is 16.8 Å². The lowest BCUT2D eigenvalue weighted by Crippen LogP contribution is -2.24. The van der Waals surface area contributed by atoms with Gasteiger partial charge in [0.25, 0.3) is 0 Å². The quantitative estimate of drug-likeness (QED) is 0.636. The van der Waals surface area contributed by atoms with E-state index in [1.807, 2.05) is 5.40 Å². The molecular weight excluding hydrogens is 282 g/mol. The molecule has 1 aromatic carbocycles. The van der Waals surface area contributed by atoms with Gasteiger partial charge in [0.15, 0.2) is 0 Å². The number of carbonyl (C=O) groups excluding carboxylic acids is 1. The zero-order chi connectivity index (χ0) is 14.9. The summed E-state index contributed by atoms with van der Waals surface area (Å²) in [5, 5.41) is 16.1. The predicted molar refractivity (Wildman–Crippen MR) is 85.8 cm³/mol. The number of allylic oxidation sites excluding steroid dienone is 1. The lowest BCUT2D eigenvalue weighted by molar-refractivity contribution is 0.255. The molecule has 0 heterocycles. The summed E-state index contributed by atoms with van der Waals surface area (Å²) in [6, 6.07) is 6.93. The summed E-state index contributed by atoms with van der Waals surface area (Å²) in [4.78, 5) is 12.6. The van der Waals surface area contributed by atoms with E-state index < -0.39 is 0 Å². The molecule has 2 amide bonds. The Kier molecular flexibility index (Phi) is 6.17. The van der Waals surface area contributed by atoms with E-state index in [9.17, 15) is 4.79 Å². The Morgan fingerprint density at radius 3 is 2.62 bits per heavy atom. The minimum absolute atomic E-state index is 0.247. The molecule has 0 aromatic heterocycles. The maximum atomic E-state index is 11.7. The van der Waals surface area contributed by atoms with Crippen LogP contribution < -0.4 is 10.6 Å². The Labute approximate surface area is 129 Å². The molecule has 2 N–H and O–H groups in total. The van der Waals surface area contributed by atoms with Crippen LogP contribution in [0.1, 0.15) is 32.1 Å². The molecule has 1 fully saturated rings. The first-order valence-electron chi connectivity index (χ1n) is 7.18. The SMILES string of the molecule is N#CSc1ccc(NC(=O)N/C=C/C2CCCCC2)cc1. The van der Waals surface area contributed by atoms with Crippen molar-refractivity contribution in [3.63, 3.8) is 0 Å². The molecule has 1 saturated carbocycles. The molecule has 4 nitrogen and oxygen atoms in total. The van der Waals surface area contributed by atoms with Gasteiger partial charge in [0.1, 0.15) is 5.40 Å². The van der Waals surface area contributed by atoms with Crippen molar-refractivity contribution in [3.8, 4) is 5.40 Å². The van der Waals surface area contributed by atoms with E-state index in [-0.39, 0.29) is 6.03 Å². The summed E-state index contributed by atoms with van der Waals surface area (Å²) in [6.07, 6.45) is 10.2. The van der Waals surface area contributed by atoms with Crippen molar-refractivity contribution in [2.24, 2.45) is 5.92 Å². The van der Waals surface area contributed by atoms with Gasteiger partial charge in [-0.25, -0.2) is 4.79 Å². The molecule has 1 aliphatic rings. The summed E-state index contributed by atoms with van der Waals surface area (Å²) in [6.45, 7) is 0. The Balaban J connectivity index is 1.76. The predicted octanol–water partition coefficient (Wildman–Crippen LogP) is 4.48. The normalized spacial score (nSPS) is 15.6. The molecule has 0 bridgehead atoms. The first-order chi connectivity index (χ1) is 10.3. The Hall–Kier alpha value is -1.93. The molecule has 0 radical (unpaired) electrons. The summed E-state index contributed by atoms with van der Waals surface area (Å²) in [5.41, 5.74) is 0.709. The van der Waals surface area contributed by atoms with Crippen LogP contribution in [0.4, 0.5) is 10.5 Å². The highest BCUT2D eigenvalue weighted by atomic mass is 32.2. The summed E-state index contributed by atoms with van der Waals surface area (Å²) in [7, 11) is 0. The van der Waals surface area contributed by atoms with Crippen LogP contribution in [0.25, 0.3) is 0 Å². The van der Waals surface area contributed by atoms with Crippen LogP contribution in [0.3, 0.4) is 0 Å². The Morgan fingerprint density at radius 1 is 1.24 bits per heavy atom. The molecule has 21 heavy (non-hydrogen) atoms. The molecule has 0 spiro atoms. The van der Waals surface area contributed by atoms with Gasteiger partial charge in [-0.15, -0.1) is 0 Å². The van der Waals surface area contributed by atoms with Gasteiger partial charge in [-0.2, -0.15) is 5.26 Å². The average Bonchev–Trinajstić information content (AvgIpc) is 2.51. The molecule has 2 rings (SSSR count). The number of thioether (sulfide) groups is 1. The third-order valence-electron chi connectivity index (χ3n) is 3.51. The molecule has 0 unspecified atom stereocenters. The molecular formula is C16H19N3OS. The monoisotopic (exact) mass is 301 g/mol. The van der Waals surface area contributed by atoms with Crippen molar-refractivity contribution in [1.29, 1.82) is 5.26 Å². The van der Waals surface area contributed by atoms with Gasteiger partial charge in [0.2, 0.25) is 0 Å². The second-order valence-corrected chi connectivity index (χ2v) is 5.93. The molecule has 1 aliphatic carbocycles. The van der Waals surface area contributed by atoms with Crippen LogP contribution in [0.2, 0.25) is 0 Å². The van der Waals surface area contributed by atoms with E-state index in [0.29, 0.717) is 11.6 Å². The second-order valence-electron chi connectivity index (χ2n) is 5.07. The number of nitriles is 1. The third-order valence-corrected chi connectivity index (χ3v) is 4.11. The van der Waals surface area contributed by atoms with Gasteiger partial charge < -0.3 is 10.6 Å². The first-order valence-corrected chi connectivity index (χ1v) is 8.00. The number of nitrogens with one attached hydrogen (secondary N) is 2. The largest absolute Gasteiger partial charge is 0.323 e. The van der Waals surface area contributed by atoms with Crippen molar-refractivity contribution in [2.45, 2.75) is 37.0 Å². The zero-order valence-electron chi connectivity index (χ0n) is 11.8. The van der Waals surface area contributed by atoms with Gasteiger partial charge >= 0.3 is 6.03 Å². The van der Waals surface area contributed by atoms with Gasteiger partial charge in [-0.1, -0.05) is 25.3 Å². The summed E-state index contributed by atoms with van der Waals surface area (Å²) in [5.74, 6) is 0.598. The Bertz CT molecular complexity index is 527. The average molecular weight is 301 g/mol. The number of anilines is 1. The molecule has 0 aliphatic heterocycles. The second kappa shape index (κ2) is 8.38. The number of urea groups is 1. The molecule has 5 heteroatoms. The first kappa shape index (κ1) is 15.5. The number of rotatable bonds is 4. The zero-order valence-corrected chi connectivity index (χ0v) is 12.7. The topological polar surface area (TPSA) is 64.9 Å². The van der Waals surface area contributed by atoms with Crippen LogP contribution >= 0.6 is 11.8 Å². The standard InChI is InChI=1S/C16H19N3OS/c17-12-21-15-8-6-14(7-9-15)19-16(20)18-11-10-13-4-2-1-3-5-13/h6-11,13H,1-5H2,(H2,18,19,20)/b11-10+. The van der Waals surface area contributed by atoms with Crippen molar-refractivity contribution in [2.75, 3.05) is 5.32 Å². The van der Waals surface area contributed by atoms with Gasteiger partial charge in [-0.3, -0.25) is 0 Å². The number of hydrogen-bond donors (Lipinski definition) is 2. The number of amides is 2. The number of thiocyanates is 1. The van der Waals surface area contributed by atoms with Crippen LogP contribution in [-0.2, 0) is 0 Å². The van der Waals surface area contributed by atoms with Crippen molar-refractivity contribution < 1.29 is 4.79 Å². The molecule has 0 atom stereocenters. The van der Waals surface area contributed by atoms with Crippen LogP contribution in [0.5, 0.6) is 0 Å². The van der Waals surface area contributed by atoms with Crippen molar-refractivity contribution in [3.05, 3.63) is 36.5 Å². The highest BCUT2D eigenvalue weighted by Gasteiger charge is 2.09. The highest BCUT2D eigenvalue weighted by molar-refractivity contribution is 8.03. The molecule has 0 saturated heterocycles. The van der Waals surface area contributed by atoms with Gasteiger partial charge in [-0.05, 0) is 54.8 Å². The number of nitrogens with zero attached hydrogens (tertiary/aromatic N) is 1. The fourth-order valence-electron chi connectivity index (χ4n) is 2.41. The number of carbonyl (C=O) groups is 1. The van der Waals surface area contributed by atoms with E-state index in [1.54, 1.807) is 30.5 Å². The van der Waals surface area contributed by atoms with Crippen LogP contribution in [0.15, 0.2) is 41.4 Å².